The van der Waals surface area contributed by atoms with Crippen LogP contribution in [0.25, 0.3) is 0 Å². The maximum atomic E-state index is 4.95. The van der Waals surface area contributed by atoms with E-state index >= 15 is 0 Å². The molecule has 0 fully saturated rings. The first kappa shape index (κ1) is 10.1. The zero-order valence-electron chi connectivity index (χ0n) is 2.14. The molecule has 0 saturated carbocycles. The van der Waals surface area contributed by atoms with E-state index in [0.29, 0.717) is 0 Å². The zero-order chi connectivity index (χ0) is 3.58. The summed E-state index contributed by atoms with van der Waals surface area (Å²) in [4.78, 5) is 0. The van der Waals surface area contributed by atoms with Gasteiger partial charge >= 0.3 is 42.8 Å². The molecular weight excluding hydrogens is 334 g/mol. The summed E-state index contributed by atoms with van der Waals surface area (Å²) in [5, 5.41) is 0. The summed E-state index contributed by atoms with van der Waals surface area (Å²) in [6.07, 6.45) is 0. The average molecular weight is 337 g/mol. The summed E-state index contributed by atoms with van der Waals surface area (Å²) in [6, 6.07) is 0. The summed E-state index contributed by atoms with van der Waals surface area (Å²) < 4.78 is 0. The van der Waals surface area contributed by atoms with Gasteiger partial charge in [-0.25, -0.2) is 0 Å². The van der Waals surface area contributed by atoms with E-state index < -0.39 is 15.2 Å². The van der Waals surface area contributed by atoms with E-state index in [1.165, 1.54) is 0 Å². The third-order valence-corrected chi connectivity index (χ3v) is 0. The normalized spacial score (nSPS) is 9.00. The Hall–Kier alpha value is 2.04. The molecule has 0 heterocycles. The quantitative estimate of drug-likeness (QED) is 0.469. The number of hydrogen-bond acceptors (Lipinski definition) is 0. The van der Waals surface area contributed by atoms with Gasteiger partial charge in [-0.05, 0) is 0 Å². The molecule has 0 spiro atoms. The van der Waals surface area contributed by atoms with Crippen LogP contribution in [-0.2, 0) is 15.2 Å². The number of hydrogen-bond donors (Lipinski definition) is 0. The van der Waals surface area contributed by atoms with Crippen molar-refractivity contribution < 1.29 is 15.2 Å². The predicted molar refractivity (Wildman–Crippen MR) is 28.7 cm³/mol. The molecule has 0 saturated heterocycles. The van der Waals surface area contributed by atoms with E-state index in [4.69, 9.17) is 27.6 Å². The van der Waals surface area contributed by atoms with Gasteiger partial charge in [0.25, 0.3) is 0 Å². The Morgan fingerprint density at radius 1 is 1.00 bits per heavy atom. The molecule has 0 aliphatic rings. The molecule has 5 heavy (non-hydrogen) atoms. The molecule has 5 heteroatoms. The number of rotatable bonds is 0. The van der Waals surface area contributed by atoms with Crippen molar-refractivity contribution in [3.63, 3.8) is 0 Å². The fourth-order valence-electron chi connectivity index (χ4n) is 0. The summed E-state index contributed by atoms with van der Waals surface area (Å²) in [7, 11) is 14.9. The third kappa shape index (κ3) is 23.7. The summed E-state index contributed by atoms with van der Waals surface area (Å²) in [6.45, 7) is 0. The fraction of sp³-hybridized carbons (Fsp3) is 0. The standard InChI is InChI=1S/Au.3ClH.H3P/h;3*1H;1H3/q+3;;;;/p-3. The van der Waals surface area contributed by atoms with E-state index in [9.17, 15) is 0 Å². The molecule has 0 aliphatic carbocycles. The second-order valence-electron chi connectivity index (χ2n) is 0.129. The Labute approximate surface area is 52.4 Å². The van der Waals surface area contributed by atoms with Crippen LogP contribution in [0.5, 0.6) is 0 Å². The SMILES string of the molecule is P.[Cl][Au]([Cl])[Cl]. The summed E-state index contributed by atoms with van der Waals surface area (Å²) in [5.74, 6) is 0. The van der Waals surface area contributed by atoms with Crippen LogP contribution in [0, 0.1) is 0 Å². The van der Waals surface area contributed by atoms with E-state index in [1.807, 2.05) is 0 Å². The van der Waals surface area contributed by atoms with Crippen molar-refractivity contribution in [2.75, 3.05) is 0 Å². The second-order valence-corrected chi connectivity index (χ2v) is 9.52. The second kappa shape index (κ2) is 6.04. The average Bonchev–Trinajstić information content (AvgIpc) is 0.811. The van der Waals surface area contributed by atoms with Gasteiger partial charge in [0.1, 0.15) is 0 Å². The Bertz CT molecular complexity index is 11.6. The Morgan fingerprint density at radius 3 is 1.00 bits per heavy atom. The molecule has 1 unspecified atom stereocenters. The number of halogens is 3. The van der Waals surface area contributed by atoms with Gasteiger partial charge in [0.2, 0.25) is 0 Å². The summed E-state index contributed by atoms with van der Waals surface area (Å²) in [5.41, 5.74) is 0. The zero-order valence-corrected chi connectivity index (χ0v) is 7.99. The minimum absolute atomic E-state index is 0. The van der Waals surface area contributed by atoms with Gasteiger partial charge in [0, 0.05) is 0 Å². The molecular formula is H3AuCl3P. The van der Waals surface area contributed by atoms with Crippen molar-refractivity contribution in [2.45, 2.75) is 0 Å². The van der Waals surface area contributed by atoms with Gasteiger partial charge in [-0.15, -0.1) is 0 Å². The van der Waals surface area contributed by atoms with Gasteiger partial charge in [0.05, 0.1) is 0 Å². The fourth-order valence-corrected chi connectivity index (χ4v) is 0. The third-order valence-electron chi connectivity index (χ3n) is 0. The van der Waals surface area contributed by atoms with Crippen molar-refractivity contribution in [1.82, 2.24) is 0 Å². The minimum atomic E-state index is -1.79. The molecule has 0 aromatic heterocycles. The van der Waals surface area contributed by atoms with Crippen molar-refractivity contribution in [2.24, 2.45) is 0 Å². The first-order chi connectivity index (χ1) is 1.73. The van der Waals surface area contributed by atoms with Crippen LogP contribution in [0.15, 0.2) is 0 Å². The van der Waals surface area contributed by atoms with Crippen LogP contribution in [0.1, 0.15) is 0 Å². The van der Waals surface area contributed by atoms with E-state index in [0.717, 1.165) is 0 Å². The molecule has 0 aliphatic heterocycles. The molecule has 1 atom stereocenters. The first-order valence-corrected chi connectivity index (χ1v) is 8.40. The van der Waals surface area contributed by atoms with Crippen LogP contribution in [0.4, 0.5) is 0 Å². The Balaban J connectivity index is 0. The molecule has 0 bridgehead atoms. The molecule has 0 nitrogen and oxygen atoms in total. The molecule has 40 valence electrons. The van der Waals surface area contributed by atoms with Gasteiger partial charge < -0.3 is 0 Å². The Morgan fingerprint density at radius 2 is 1.00 bits per heavy atom. The van der Waals surface area contributed by atoms with Crippen LogP contribution >= 0.6 is 37.5 Å². The molecule has 0 aromatic carbocycles. The molecule has 0 rings (SSSR count). The molecule has 0 N–H and O–H groups in total. The van der Waals surface area contributed by atoms with Crippen molar-refractivity contribution >= 4 is 37.5 Å². The van der Waals surface area contributed by atoms with Crippen molar-refractivity contribution in [3.05, 3.63) is 0 Å². The van der Waals surface area contributed by atoms with E-state index in [2.05, 4.69) is 0 Å². The maximum absolute atomic E-state index is 4.95. The van der Waals surface area contributed by atoms with Crippen LogP contribution < -0.4 is 0 Å². The van der Waals surface area contributed by atoms with Crippen molar-refractivity contribution in [1.29, 1.82) is 0 Å². The van der Waals surface area contributed by atoms with Gasteiger partial charge in [-0.2, -0.15) is 9.90 Å². The van der Waals surface area contributed by atoms with Crippen LogP contribution in [0.3, 0.4) is 0 Å². The monoisotopic (exact) mass is 336 g/mol. The van der Waals surface area contributed by atoms with Crippen LogP contribution in [-0.4, -0.2) is 0 Å². The van der Waals surface area contributed by atoms with Gasteiger partial charge in [-0.3, -0.25) is 0 Å². The van der Waals surface area contributed by atoms with Crippen LogP contribution in [0.2, 0.25) is 0 Å². The summed E-state index contributed by atoms with van der Waals surface area (Å²) >= 11 is -1.79. The van der Waals surface area contributed by atoms with Crippen molar-refractivity contribution in [3.8, 4) is 0 Å². The molecule has 0 aromatic rings. The van der Waals surface area contributed by atoms with E-state index in [1.54, 1.807) is 0 Å². The first-order valence-electron chi connectivity index (χ1n) is 0.342. The van der Waals surface area contributed by atoms with Gasteiger partial charge in [0.15, 0.2) is 0 Å². The topological polar surface area (TPSA) is 0 Å². The predicted octanol–water partition coefficient (Wildman–Crippen LogP) is 2.12. The molecule has 0 amide bonds. The van der Waals surface area contributed by atoms with E-state index in [-0.39, 0.29) is 9.90 Å². The van der Waals surface area contributed by atoms with Gasteiger partial charge in [-0.1, -0.05) is 0 Å². The molecule has 0 radical (unpaired) electrons. The Kier molecular flexibility index (Phi) is 12.2.